The van der Waals surface area contributed by atoms with Gasteiger partial charge in [0, 0.05) is 15.5 Å². The fourth-order valence-corrected chi connectivity index (χ4v) is 3.58. The van der Waals surface area contributed by atoms with Crippen molar-refractivity contribution in [1.82, 2.24) is 9.97 Å². The van der Waals surface area contributed by atoms with Crippen molar-refractivity contribution < 1.29 is 0 Å². The molecule has 0 saturated carbocycles. The minimum Gasteiger partial charge on any atom is -0.310 e. The molecular weight excluding hydrogens is 292 g/mol. The molecular formula is C15H13ClN2OS. The summed E-state index contributed by atoms with van der Waals surface area (Å²) in [5, 5.41) is 1.40. The van der Waals surface area contributed by atoms with Crippen LogP contribution in [0.15, 0.2) is 23.0 Å². The van der Waals surface area contributed by atoms with Crippen molar-refractivity contribution in [2.24, 2.45) is 0 Å². The van der Waals surface area contributed by atoms with E-state index in [0.717, 1.165) is 31.4 Å². The van der Waals surface area contributed by atoms with E-state index in [1.807, 2.05) is 32.0 Å². The molecule has 0 unspecified atom stereocenters. The predicted molar refractivity (Wildman–Crippen MR) is 84.9 cm³/mol. The number of hydrogen-bond donors (Lipinski definition) is 1. The molecule has 0 amide bonds. The molecule has 0 aliphatic heterocycles. The van der Waals surface area contributed by atoms with E-state index >= 15 is 0 Å². The van der Waals surface area contributed by atoms with Crippen LogP contribution in [0.3, 0.4) is 0 Å². The van der Waals surface area contributed by atoms with E-state index in [1.54, 1.807) is 18.3 Å². The van der Waals surface area contributed by atoms with Gasteiger partial charge in [0.15, 0.2) is 0 Å². The molecule has 2 heterocycles. The van der Waals surface area contributed by atoms with Gasteiger partial charge in [-0.15, -0.1) is 11.3 Å². The first-order chi connectivity index (χ1) is 9.47. The molecule has 3 aromatic rings. The Hall–Kier alpha value is -1.65. The Labute approximate surface area is 125 Å². The molecule has 102 valence electrons. The average Bonchev–Trinajstić information content (AvgIpc) is 2.69. The van der Waals surface area contributed by atoms with Crippen LogP contribution >= 0.6 is 22.9 Å². The zero-order valence-electron chi connectivity index (χ0n) is 11.4. The highest BCUT2D eigenvalue weighted by atomic mass is 35.5. The molecule has 0 bridgehead atoms. The van der Waals surface area contributed by atoms with Crippen LogP contribution in [0.1, 0.15) is 16.3 Å². The van der Waals surface area contributed by atoms with E-state index < -0.39 is 0 Å². The lowest BCUT2D eigenvalue weighted by atomic mass is 10.0. The maximum atomic E-state index is 12.2. The summed E-state index contributed by atoms with van der Waals surface area (Å²) in [5.74, 6) is 0.641. The minimum atomic E-state index is -0.0838. The smallest absolute Gasteiger partial charge is 0.260 e. The fraction of sp³-hybridized carbons (Fsp3) is 0.200. The van der Waals surface area contributed by atoms with Crippen LogP contribution in [0.5, 0.6) is 0 Å². The van der Waals surface area contributed by atoms with Crippen LogP contribution < -0.4 is 5.56 Å². The maximum Gasteiger partial charge on any atom is 0.260 e. The summed E-state index contributed by atoms with van der Waals surface area (Å²) < 4.78 is 0. The van der Waals surface area contributed by atoms with E-state index in [4.69, 9.17) is 11.6 Å². The van der Waals surface area contributed by atoms with Crippen LogP contribution in [-0.2, 0) is 0 Å². The summed E-state index contributed by atoms with van der Waals surface area (Å²) in [4.78, 5) is 21.3. The second kappa shape index (κ2) is 4.72. The lowest BCUT2D eigenvalue weighted by molar-refractivity contribution is 1.07. The monoisotopic (exact) mass is 304 g/mol. The van der Waals surface area contributed by atoms with E-state index in [9.17, 15) is 4.79 Å². The summed E-state index contributed by atoms with van der Waals surface area (Å²) in [6.07, 6.45) is 0. The number of H-pyrrole nitrogens is 1. The quantitative estimate of drug-likeness (QED) is 0.731. The lowest BCUT2D eigenvalue weighted by Crippen LogP contribution is -2.08. The van der Waals surface area contributed by atoms with Gasteiger partial charge in [0.1, 0.15) is 10.7 Å². The summed E-state index contributed by atoms with van der Waals surface area (Å²) in [7, 11) is 0. The highest BCUT2D eigenvalue weighted by Crippen LogP contribution is 2.36. The van der Waals surface area contributed by atoms with Crippen molar-refractivity contribution in [2.45, 2.75) is 20.8 Å². The highest BCUT2D eigenvalue weighted by molar-refractivity contribution is 7.19. The number of rotatable bonds is 1. The van der Waals surface area contributed by atoms with Crippen LogP contribution in [0.4, 0.5) is 0 Å². The van der Waals surface area contributed by atoms with Crippen LogP contribution in [-0.4, -0.2) is 9.97 Å². The Bertz CT molecular complexity index is 879. The number of nitrogens with one attached hydrogen (secondary N) is 1. The summed E-state index contributed by atoms with van der Waals surface area (Å²) in [6, 6.07) is 5.82. The molecule has 2 aromatic heterocycles. The molecule has 0 atom stereocenters. The van der Waals surface area contributed by atoms with Gasteiger partial charge in [0.05, 0.1) is 5.39 Å². The molecule has 3 nitrogen and oxygen atoms in total. The SMILES string of the molecule is Cc1nc2sc(C)c(-c3ccc(Cl)c(C)c3)c2c(=O)[nH]1. The fourth-order valence-electron chi connectivity index (χ4n) is 2.37. The number of hydrogen-bond acceptors (Lipinski definition) is 3. The Kier molecular flexibility index (Phi) is 3.15. The van der Waals surface area contributed by atoms with E-state index in [0.29, 0.717) is 11.2 Å². The van der Waals surface area contributed by atoms with Gasteiger partial charge in [-0.05, 0) is 44.0 Å². The van der Waals surface area contributed by atoms with Gasteiger partial charge in [-0.2, -0.15) is 0 Å². The first-order valence-electron chi connectivity index (χ1n) is 6.24. The van der Waals surface area contributed by atoms with Crippen LogP contribution in [0.25, 0.3) is 21.3 Å². The van der Waals surface area contributed by atoms with E-state index in [1.165, 1.54) is 0 Å². The van der Waals surface area contributed by atoms with Crippen molar-refractivity contribution in [3.8, 4) is 11.1 Å². The van der Waals surface area contributed by atoms with E-state index in [2.05, 4.69) is 9.97 Å². The van der Waals surface area contributed by atoms with Gasteiger partial charge in [0.25, 0.3) is 5.56 Å². The number of aromatic amines is 1. The van der Waals surface area contributed by atoms with E-state index in [-0.39, 0.29) is 5.56 Å². The molecule has 5 heteroatoms. The molecule has 1 aromatic carbocycles. The number of aromatic nitrogens is 2. The standard InChI is InChI=1S/C15H13ClN2OS/c1-7-6-10(4-5-11(7)16)12-8(2)20-15-13(12)14(19)17-9(3)18-15/h4-6H,1-3H3,(H,17,18,19). The first-order valence-corrected chi connectivity index (χ1v) is 7.43. The summed E-state index contributed by atoms with van der Waals surface area (Å²) in [6.45, 7) is 5.77. The number of benzene rings is 1. The molecule has 1 N–H and O–H groups in total. The van der Waals surface area contributed by atoms with Crippen molar-refractivity contribution in [2.75, 3.05) is 0 Å². The van der Waals surface area contributed by atoms with Gasteiger partial charge in [-0.3, -0.25) is 4.79 Å². The number of halogens is 1. The normalized spacial score (nSPS) is 11.2. The predicted octanol–water partition coefficient (Wildman–Crippen LogP) is 4.23. The molecule has 0 radical (unpaired) electrons. The number of fused-ring (bicyclic) bond motifs is 1. The second-order valence-electron chi connectivity index (χ2n) is 4.83. The largest absolute Gasteiger partial charge is 0.310 e. The molecule has 0 fully saturated rings. The molecule has 0 spiro atoms. The Morgan fingerprint density at radius 2 is 2.00 bits per heavy atom. The summed E-state index contributed by atoms with van der Waals surface area (Å²) in [5.41, 5.74) is 2.88. The third-order valence-corrected chi connectivity index (χ3v) is 4.73. The topological polar surface area (TPSA) is 45.8 Å². The zero-order valence-corrected chi connectivity index (χ0v) is 12.9. The molecule has 0 aliphatic rings. The van der Waals surface area contributed by atoms with Crippen LogP contribution in [0, 0.1) is 20.8 Å². The van der Waals surface area contributed by atoms with Gasteiger partial charge in [-0.25, -0.2) is 4.98 Å². The van der Waals surface area contributed by atoms with Crippen LogP contribution in [0.2, 0.25) is 5.02 Å². The molecule has 0 aliphatic carbocycles. The third kappa shape index (κ3) is 2.05. The maximum absolute atomic E-state index is 12.2. The van der Waals surface area contributed by atoms with Gasteiger partial charge < -0.3 is 4.98 Å². The highest BCUT2D eigenvalue weighted by Gasteiger charge is 2.16. The molecule has 0 saturated heterocycles. The Morgan fingerprint density at radius 3 is 2.70 bits per heavy atom. The average molecular weight is 305 g/mol. The third-order valence-electron chi connectivity index (χ3n) is 3.30. The first kappa shape index (κ1) is 13.3. The number of thiophene rings is 1. The zero-order chi connectivity index (χ0) is 14.4. The molecule has 3 rings (SSSR count). The van der Waals surface area contributed by atoms with Crippen molar-refractivity contribution in [3.63, 3.8) is 0 Å². The van der Waals surface area contributed by atoms with Crippen molar-refractivity contribution >= 4 is 33.2 Å². The Balaban J connectivity index is 2.38. The van der Waals surface area contributed by atoms with Gasteiger partial charge >= 0.3 is 0 Å². The van der Waals surface area contributed by atoms with Gasteiger partial charge in [-0.1, -0.05) is 17.7 Å². The molecule has 20 heavy (non-hydrogen) atoms. The second-order valence-corrected chi connectivity index (χ2v) is 6.44. The van der Waals surface area contributed by atoms with Crippen molar-refractivity contribution in [1.29, 1.82) is 0 Å². The number of aryl methyl sites for hydroxylation is 3. The minimum absolute atomic E-state index is 0.0838. The summed E-state index contributed by atoms with van der Waals surface area (Å²) >= 11 is 7.62. The van der Waals surface area contributed by atoms with Gasteiger partial charge in [0.2, 0.25) is 0 Å². The lowest BCUT2D eigenvalue weighted by Gasteiger charge is -2.05. The number of nitrogens with zero attached hydrogens (tertiary/aromatic N) is 1. The Morgan fingerprint density at radius 1 is 1.25 bits per heavy atom. The van der Waals surface area contributed by atoms with Crippen molar-refractivity contribution in [3.05, 3.63) is 49.8 Å².